The van der Waals surface area contributed by atoms with Crippen molar-refractivity contribution in [3.63, 3.8) is 0 Å². The summed E-state index contributed by atoms with van der Waals surface area (Å²) in [5.74, 6) is -1.72. The number of amides is 3. The van der Waals surface area contributed by atoms with Gasteiger partial charge in [0.15, 0.2) is 0 Å². The second-order valence-electron chi connectivity index (χ2n) is 5.02. The molecule has 0 aromatic heterocycles. The Morgan fingerprint density at radius 3 is 2.38 bits per heavy atom. The van der Waals surface area contributed by atoms with Crippen LogP contribution < -0.4 is 16.4 Å². The van der Waals surface area contributed by atoms with Gasteiger partial charge in [0, 0.05) is 17.3 Å². The van der Waals surface area contributed by atoms with E-state index in [4.69, 9.17) is 10.8 Å². The van der Waals surface area contributed by atoms with E-state index in [2.05, 4.69) is 10.6 Å². The quantitative estimate of drug-likeness (QED) is 0.665. The maximum Gasteiger partial charge on any atom is 0.316 e. The molecule has 0 saturated heterocycles. The first kappa shape index (κ1) is 14.8. The number of carboxylic acids is 1. The third-order valence-corrected chi connectivity index (χ3v) is 3.56. The van der Waals surface area contributed by atoms with Crippen LogP contribution in [0.1, 0.15) is 29.6 Å². The number of aliphatic carboxylic acids is 1. The average Bonchev–Trinajstić information content (AvgIpc) is 2.87. The monoisotopic (exact) mass is 291 g/mol. The number of benzene rings is 1. The number of hydrogen-bond donors (Lipinski definition) is 4. The molecule has 1 aromatic rings. The van der Waals surface area contributed by atoms with Crippen LogP contribution in [0.4, 0.5) is 10.5 Å². The van der Waals surface area contributed by atoms with Crippen molar-refractivity contribution < 1.29 is 19.5 Å². The minimum atomic E-state index is -0.876. The van der Waals surface area contributed by atoms with E-state index in [-0.39, 0.29) is 11.9 Å². The third kappa shape index (κ3) is 3.71. The zero-order chi connectivity index (χ0) is 15.4. The van der Waals surface area contributed by atoms with E-state index in [1.807, 2.05) is 0 Å². The standard InChI is InChI=1S/C14H17N3O4/c15-14(21)16-9-6-4-8(5-7-9)12(18)17-11-3-1-2-10(11)13(19)20/h4-7,10-11H,1-3H2,(H,17,18)(H,19,20)(H3,15,16,21)/t10-,11+/m0/s1. The van der Waals surface area contributed by atoms with Gasteiger partial charge < -0.3 is 21.5 Å². The SMILES string of the molecule is NC(=O)Nc1ccc(C(=O)N[C@@H]2CCC[C@@H]2C(=O)O)cc1. The molecule has 0 bridgehead atoms. The molecular weight excluding hydrogens is 274 g/mol. The van der Waals surface area contributed by atoms with Gasteiger partial charge in [-0.05, 0) is 37.1 Å². The van der Waals surface area contributed by atoms with Crippen LogP contribution in [0.15, 0.2) is 24.3 Å². The van der Waals surface area contributed by atoms with Crippen LogP contribution in [0, 0.1) is 5.92 Å². The first-order chi connectivity index (χ1) is 9.97. The number of carbonyl (C=O) groups excluding carboxylic acids is 2. The summed E-state index contributed by atoms with van der Waals surface area (Å²) in [6.45, 7) is 0. The summed E-state index contributed by atoms with van der Waals surface area (Å²) in [5.41, 5.74) is 5.88. The summed E-state index contributed by atoms with van der Waals surface area (Å²) < 4.78 is 0. The fraction of sp³-hybridized carbons (Fsp3) is 0.357. The lowest BCUT2D eigenvalue weighted by atomic mass is 10.0. The molecule has 21 heavy (non-hydrogen) atoms. The van der Waals surface area contributed by atoms with Crippen molar-refractivity contribution in [2.45, 2.75) is 25.3 Å². The highest BCUT2D eigenvalue weighted by Crippen LogP contribution is 2.26. The lowest BCUT2D eigenvalue weighted by Crippen LogP contribution is -2.40. The Balaban J connectivity index is 2.00. The molecular formula is C14H17N3O4. The highest BCUT2D eigenvalue weighted by Gasteiger charge is 2.33. The van der Waals surface area contributed by atoms with Gasteiger partial charge >= 0.3 is 12.0 Å². The van der Waals surface area contributed by atoms with Crippen LogP contribution in [-0.4, -0.2) is 29.1 Å². The molecule has 0 radical (unpaired) electrons. The molecule has 1 fully saturated rings. The normalized spacial score (nSPS) is 20.8. The van der Waals surface area contributed by atoms with Crippen molar-refractivity contribution in [2.24, 2.45) is 11.7 Å². The first-order valence-electron chi connectivity index (χ1n) is 6.67. The van der Waals surface area contributed by atoms with Crippen molar-refractivity contribution in [3.8, 4) is 0 Å². The van der Waals surface area contributed by atoms with E-state index in [0.29, 0.717) is 24.1 Å². The van der Waals surface area contributed by atoms with E-state index in [0.717, 1.165) is 6.42 Å². The van der Waals surface area contributed by atoms with E-state index in [1.165, 1.54) is 0 Å². The number of urea groups is 1. The summed E-state index contributed by atoms with van der Waals surface area (Å²) in [7, 11) is 0. The number of carbonyl (C=O) groups is 3. The van der Waals surface area contributed by atoms with Crippen molar-refractivity contribution >= 4 is 23.6 Å². The van der Waals surface area contributed by atoms with Gasteiger partial charge in [0.25, 0.3) is 5.91 Å². The molecule has 1 aliphatic carbocycles. The number of primary amides is 1. The van der Waals surface area contributed by atoms with Crippen LogP contribution >= 0.6 is 0 Å². The largest absolute Gasteiger partial charge is 0.481 e. The van der Waals surface area contributed by atoms with Crippen LogP contribution in [0.5, 0.6) is 0 Å². The van der Waals surface area contributed by atoms with Crippen molar-refractivity contribution in [3.05, 3.63) is 29.8 Å². The Hall–Kier alpha value is -2.57. The zero-order valence-corrected chi connectivity index (χ0v) is 11.3. The molecule has 7 heteroatoms. The summed E-state index contributed by atoms with van der Waals surface area (Å²) >= 11 is 0. The third-order valence-electron chi connectivity index (χ3n) is 3.56. The van der Waals surface area contributed by atoms with Gasteiger partial charge in [-0.1, -0.05) is 6.42 Å². The second kappa shape index (κ2) is 6.25. The number of rotatable bonds is 4. The van der Waals surface area contributed by atoms with E-state index in [1.54, 1.807) is 24.3 Å². The minimum absolute atomic E-state index is 0.321. The molecule has 0 heterocycles. The van der Waals surface area contributed by atoms with E-state index < -0.39 is 17.9 Å². The van der Waals surface area contributed by atoms with Crippen LogP contribution in [0.3, 0.4) is 0 Å². The number of anilines is 1. The Labute approximate surface area is 121 Å². The summed E-state index contributed by atoms with van der Waals surface area (Å²) in [6, 6.07) is 5.20. The molecule has 7 nitrogen and oxygen atoms in total. The second-order valence-corrected chi connectivity index (χ2v) is 5.02. The predicted octanol–water partition coefficient (Wildman–Crippen LogP) is 1.16. The van der Waals surface area contributed by atoms with Crippen molar-refractivity contribution in [1.82, 2.24) is 5.32 Å². The lowest BCUT2D eigenvalue weighted by molar-refractivity contribution is -0.142. The highest BCUT2D eigenvalue weighted by atomic mass is 16.4. The molecule has 1 saturated carbocycles. The Morgan fingerprint density at radius 1 is 1.14 bits per heavy atom. The summed E-state index contributed by atoms with van der Waals surface area (Å²) in [4.78, 5) is 33.9. The molecule has 0 spiro atoms. The molecule has 2 rings (SSSR count). The average molecular weight is 291 g/mol. The zero-order valence-electron chi connectivity index (χ0n) is 11.3. The Kier molecular flexibility index (Phi) is 4.42. The van der Waals surface area contributed by atoms with Gasteiger partial charge in [0.1, 0.15) is 0 Å². The van der Waals surface area contributed by atoms with Crippen LogP contribution in [0.2, 0.25) is 0 Å². The molecule has 3 amide bonds. The van der Waals surface area contributed by atoms with E-state index in [9.17, 15) is 14.4 Å². The molecule has 2 atom stereocenters. The maximum absolute atomic E-state index is 12.1. The van der Waals surface area contributed by atoms with Crippen molar-refractivity contribution in [1.29, 1.82) is 0 Å². The topological polar surface area (TPSA) is 122 Å². The van der Waals surface area contributed by atoms with Gasteiger partial charge in [-0.2, -0.15) is 0 Å². The molecule has 0 unspecified atom stereocenters. The fourth-order valence-corrected chi connectivity index (χ4v) is 2.53. The molecule has 112 valence electrons. The van der Waals surface area contributed by atoms with Gasteiger partial charge in [0.05, 0.1) is 5.92 Å². The maximum atomic E-state index is 12.1. The van der Waals surface area contributed by atoms with Crippen LogP contribution in [0.25, 0.3) is 0 Å². The molecule has 1 aromatic carbocycles. The van der Waals surface area contributed by atoms with Gasteiger partial charge in [-0.3, -0.25) is 9.59 Å². The van der Waals surface area contributed by atoms with Gasteiger partial charge in [0.2, 0.25) is 0 Å². The minimum Gasteiger partial charge on any atom is -0.481 e. The van der Waals surface area contributed by atoms with Gasteiger partial charge in [-0.25, -0.2) is 4.79 Å². The highest BCUT2D eigenvalue weighted by molar-refractivity contribution is 5.95. The van der Waals surface area contributed by atoms with E-state index >= 15 is 0 Å². The molecule has 0 aliphatic heterocycles. The predicted molar refractivity (Wildman–Crippen MR) is 75.9 cm³/mol. The fourth-order valence-electron chi connectivity index (χ4n) is 2.53. The van der Waals surface area contributed by atoms with Crippen LogP contribution in [-0.2, 0) is 4.79 Å². The summed E-state index contributed by atoms with van der Waals surface area (Å²) in [5, 5.41) is 14.2. The van der Waals surface area contributed by atoms with Crippen molar-refractivity contribution in [2.75, 3.05) is 5.32 Å². The number of carboxylic acid groups (broad SMARTS) is 1. The summed E-state index contributed by atoms with van der Waals surface area (Å²) in [6.07, 6.45) is 2.05. The first-order valence-corrected chi connectivity index (χ1v) is 6.67. The Morgan fingerprint density at radius 2 is 1.81 bits per heavy atom. The number of nitrogens with one attached hydrogen (secondary N) is 2. The smallest absolute Gasteiger partial charge is 0.316 e. The number of hydrogen-bond acceptors (Lipinski definition) is 3. The number of nitrogens with two attached hydrogens (primary N) is 1. The lowest BCUT2D eigenvalue weighted by Gasteiger charge is -2.17. The van der Waals surface area contributed by atoms with Gasteiger partial charge in [-0.15, -0.1) is 0 Å². The molecule has 1 aliphatic rings. The molecule has 5 N–H and O–H groups in total. The Bertz CT molecular complexity index is 556.